The Morgan fingerprint density at radius 3 is 3.11 bits per heavy atom. The predicted molar refractivity (Wildman–Crippen MR) is 76.0 cm³/mol. The van der Waals surface area contributed by atoms with Crippen LogP contribution in [-0.4, -0.2) is 18.2 Å². The first-order chi connectivity index (χ1) is 8.84. The van der Waals surface area contributed by atoms with Crippen molar-refractivity contribution in [2.45, 2.75) is 24.2 Å². The van der Waals surface area contributed by atoms with Crippen LogP contribution in [0.4, 0.5) is 5.69 Å². The Balaban J connectivity index is 1.76. The van der Waals surface area contributed by atoms with Crippen LogP contribution in [0.1, 0.15) is 19.3 Å². The number of rotatable bonds is 2. The SMILES string of the molecule is O=C(CC1C=CCC1)N1CCSc2ccccc21. The molecule has 0 fully saturated rings. The largest absolute Gasteiger partial charge is 0.310 e. The summed E-state index contributed by atoms with van der Waals surface area (Å²) in [6, 6.07) is 8.22. The van der Waals surface area contributed by atoms with Gasteiger partial charge in [-0.3, -0.25) is 4.79 Å². The molecule has 0 spiro atoms. The fourth-order valence-corrected chi connectivity index (χ4v) is 3.62. The third kappa shape index (κ3) is 2.32. The van der Waals surface area contributed by atoms with Crippen LogP contribution in [0, 0.1) is 5.92 Å². The van der Waals surface area contributed by atoms with Crippen molar-refractivity contribution in [3.05, 3.63) is 36.4 Å². The first-order valence-electron chi connectivity index (χ1n) is 6.53. The van der Waals surface area contributed by atoms with E-state index in [2.05, 4.69) is 24.3 Å². The van der Waals surface area contributed by atoms with E-state index in [9.17, 15) is 4.79 Å². The zero-order chi connectivity index (χ0) is 12.4. The van der Waals surface area contributed by atoms with Crippen LogP contribution in [0.2, 0.25) is 0 Å². The van der Waals surface area contributed by atoms with Gasteiger partial charge in [0.05, 0.1) is 5.69 Å². The second kappa shape index (κ2) is 5.19. The molecular weight excluding hydrogens is 242 g/mol. The summed E-state index contributed by atoms with van der Waals surface area (Å²) >= 11 is 1.84. The number of nitrogens with zero attached hydrogens (tertiary/aromatic N) is 1. The summed E-state index contributed by atoms with van der Waals surface area (Å²) in [6.45, 7) is 0.844. The van der Waals surface area contributed by atoms with E-state index < -0.39 is 0 Å². The van der Waals surface area contributed by atoms with Gasteiger partial charge in [0.2, 0.25) is 5.91 Å². The van der Waals surface area contributed by atoms with E-state index in [1.54, 1.807) is 0 Å². The van der Waals surface area contributed by atoms with Crippen LogP contribution in [0.15, 0.2) is 41.3 Å². The lowest BCUT2D eigenvalue weighted by Gasteiger charge is -2.29. The lowest BCUT2D eigenvalue weighted by molar-refractivity contribution is -0.119. The molecule has 1 heterocycles. The average Bonchev–Trinajstić information content (AvgIpc) is 2.91. The van der Waals surface area contributed by atoms with Crippen molar-refractivity contribution in [3.8, 4) is 0 Å². The number of hydrogen-bond donors (Lipinski definition) is 0. The molecule has 0 radical (unpaired) electrons. The zero-order valence-corrected chi connectivity index (χ0v) is 11.2. The van der Waals surface area contributed by atoms with Crippen molar-refractivity contribution in [1.82, 2.24) is 0 Å². The van der Waals surface area contributed by atoms with E-state index in [1.807, 2.05) is 28.8 Å². The number of carbonyl (C=O) groups is 1. The van der Waals surface area contributed by atoms with Gasteiger partial charge in [0.25, 0.3) is 0 Å². The predicted octanol–water partition coefficient (Wildman–Crippen LogP) is 3.48. The molecule has 1 aromatic rings. The summed E-state index contributed by atoms with van der Waals surface area (Å²) < 4.78 is 0. The minimum Gasteiger partial charge on any atom is -0.310 e. The van der Waals surface area contributed by atoms with Crippen LogP contribution >= 0.6 is 11.8 Å². The van der Waals surface area contributed by atoms with Crippen molar-refractivity contribution in [1.29, 1.82) is 0 Å². The van der Waals surface area contributed by atoms with Crippen molar-refractivity contribution in [2.24, 2.45) is 5.92 Å². The van der Waals surface area contributed by atoms with Gasteiger partial charge in [-0.05, 0) is 30.9 Å². The first-order valence-corrected chi connectivity index (χ1v) is 7.52. The van der Waals surface area contributed by atoms with E-state index in [0.717, 1.165) is 30.8 Å². The maximum absolute atomic E-state index is 12.4. The van der Waals surface area contributed by atoms with E-state index in [-0.39, 0.29) is 5.91 Å². The lowest BCUT2D eigenvalue weighted by Crippen LogP contribution is -2.36. The topological polar surface area (TPSA) is 20.3 Å². The zero-order valence-electron chi connectivity index (χ0n) is 10.3. The van der Waals surface area contributed by atoms with Gasteiger partial charge < -0.3 is 4.90 Å². The van der Waals surface area contributed by atoms with Crippen molar-refractivity contribution >= 4 is 23.4 Å². The Morgan fingerprint density at radius 1 is 1.39 bits per heavy atom. The molecule has 2 nitrogen and oxygen atoms in total. The first kappa shape index (κ1) is 11.8. The molecule has 1 atom stereocenters. The number of thioether (sulfide) groups is 1. The Labute approximate surface area is 112 Å². The van der Waals surface area contributed by atoms with Gasteiger partial charge in [-0.15, -0.1) is 11.8 Å². The average molecular weight is 259 g/mol. The molecule has 0 bridgehead atoms. The Kier molecular flexibility index (Phi) is 3.41. The van der Waals surface area contributed by atoms with Gasteiger partial charge in [0, 0.05) is 23.6 Å². The van der Waals surface area contributed by atoms with Gasteiger partial charge in [-0.2, -0.15) is 0 Å². The Bertz CT molecular complexity index is 483. The minimum absolute atomic E-state index is 0.277. The third-order valence-electron chi connectivity index (χ3n) is 3.58. The number of hydrogen-bond acceptors (Lipinski definition) is 2. The minimum atomic E-state index is 0.277. The molecule has 1 unspecified atom stereocenters. The summed E-state index contributed by atoms with van der Waals surface area (Å²) in [4.78, 5) is 15.6. The standard InChI is InChI=1S/C15H17NOS/c17-15(11-12-5-1-2-6-12)16-9-10-18-14-8-4-3-7-13(14)16/h1,3-5,7-8,12H,2,6,9-11H2. The molecule has 94 valence electrons. The van der Waals surface area contributed by atoms with Crippen LogP contribution in [0.25, 0.3) is 0 Å². The molecule has 0 aromatic heterocycles. The second-order valence-corrected chi connectivity index (χ2v) is 5.97. The summed E-state index contributed by atoms with van der Waals surface area (Å²) in [5.41, 5.74) is 1.10. The fraction of sp³-hybridized carbons (Fsp3) is 0.400. The van der Waals surface area contributed by atoms with Crippen LogP contribution in [0.5, 0.6) is 0 Å². The monoisotopic (exact) mass is 259 g/mol. The quantitative estimate of drug-likeness (QED) is 0.758. The normalized spacial score (nSPS) is 22.0. The second-order valence-electron chi connectivity index (χ2n) is 4.83. The lowest BCUT2D eigenvalue weighted by atomic mass is 10.0. The molecule has 1 amide bonds. The van der Waals surface area contributed by atoms with Crippen molar-refractivity contribution < 1.29 is 4.79 Å². The van der Waals surface area contributed by atoms with Gasteiger partial charge in [0.1, 0.15) is 0 Å². The molecule has 0 saturated carbocycles. The summed E-state index contributed by atoms with van der Waals surface area (Å²) in [5.74, 6) is 1.74. The highest BCUT2D eigenvalue weighted by atomic mass is 32.2. The number of benzene rings is 1. The highest BCUT2D eigenvalue weighted by molar-refractivity contribution is 7.99. The highest BCUT2D eigenvalue weighted by Gasteiger charge is 2.24. The maximum atomic E-state index is 12.4. The summed E-state index contributed by atoms with van der Waals surface area (Å²) in [6.07, 6.45) is 7.32. The van der Waals surface area contributed by atoms with E-state index in [0.29, 0.717) is 12.3 Å². The molecule has 3 heteroatoms. The van der Waals surface area contributed by atoms with E-state index >= 15 is 0 Å². The van der Waals surface area contributed by atoms with E-state index in [1.165, 1.54) is 4.90 Å². The molecule has 1 aromatic carbocycles. The van der Waals surface area contributed by atoms with Crippen LogP contribution in [0.3, 0.4) is 0 Å². The number of anilines is 1. The van der Waals surface area contributed by atoms with Crippen molar-refractivity contribution in [3.63, 3.8) is 0 Å². The molecule has 1 aliphatic heterocycles. The van der Waals surface area contributed by atoms with Crippen LogP contribution in [-0.2, 0) is 4.79 Å². The number of amides is 1. The number of fused-ring (bicyclic) bond motifs is 1. The molecule has 0 N–H and O–H groups in total. The Morgan fingerprint density at radius 2 is 2.28 bits per heavy atom. The summed E-state index contributed by atoms with van der Waals surface area (Å²) in [5, 5.41) is 0. The van der Waals surface area contributed by atoms with Crippen molar-refractivity contribution in [2.75, 3.05) is 17.2 Å². The highest BCUT2D eigenvalue weighted by Crippen LogP contribution is 2.35. The number of allylic oxidation sites excluding steroid dienone is 2. The maximum Gasteiger partial charge on any atom is 0.227 e. The molecule has 18 heavy (non-hydrogen) atoms. The molecular formula is C15H17NOS. The number of para-hydroxylation sites is 1. The fourth-order valence-electron chi connectivity index (χ4n) is 2.63. The van der Waals surface area contributed by atoms with Gasteiger partial charge >= 0.3 is 0 Å². The van der Waals surface area contributed by atoms with Gasteiger partial charge in [0.15, 0.2) is 0 Å². The Hall–Kier alpha value is -1.22. The summed E-state index contributed by atoms with van der Waals surface area (Å²) in [7, 11) is 0. The molecule has 3 rings (SSSR count). The molecule has 0 saturated heterocycles. The van der Waals surface area contributed by atoms with E-state index in [4.69, 9.17) is 0 Å². The number of carbonyl (C=O) groups excluding carboxylic acids is 1. The van der Waals surface area contributed by atoms with Gasteiger partial charge in [-0.25, -0.2) is 0 Å². The smallest absolute Gasteiger partial charge is 0.227 e. The van der Waals surface area contributed by atoms with Gasteiger partial charge in [-0.1, -0.05) is 24.3 Å². The van der Waals surface area contributed by atoms with Crippen LogP contribution < -0.4 is 4.90 Å². The third-order valence-corrected chi connectivity index (χ3v) is 4.62. The molecule has 2 aliphatic rings. The molecule has 1 aliphatic carbocycles.